The van der Waals surface area contributed by atoms with E-state index in [1.54, 1.807) is 0 Å². The Labute approximate surface area is 142 Å². The number of amidine groups is 1. The van der Waals surface area contributed by atoms with Gasteiger partial charge in [0.2, 0.25) is 0 Å². The van der Waals surface area contributed by atoms with Gasteiger partial charge >= 0.3 is 0 Å². The van der Waals surface area contributed by atoms with Gasteiger partial charge in [0.25, 0.3) is 0 Å². The van der Waals surface area contributed by atoms with E-state index in [4.69, 9.17) is 9.97 Å². The number of hydrogen-bond donors (Lipinski definition) is 2. The number of anilines is 1. The summed E-state index contributed by atoms with van der Waals surface area (Å²) in [5.74, 6) is 2.55. The zero-order valence-electron chi connectivity index (χ0n) is 13.8. The standard InChI is InChI=1S/C19H21N5/c1-13-11-17(21-12-20-13)23-19-15-9-5-6-10-16(15)22-18(24-19)14-7-3-2-4-8-14/h2-4,7-8,11,20H,5-6,9-10,12H2,1H3,(H,21,22,23,24). The third-order valence-electron chi connectivity index (χ3n) is 4.42. The Balaban J connectivity index is 1.75. The lowest BCUT2D eigenvalue weighted by molar-refractivity contribution is 0.665. The number of aliphatic imine (C=N–C) groups is 1. The van der Waals surface area contributed by atoms with Crippen LogP contribution >= 0.6 is 0 Å². The normalized spacial score (nSPS) is 16.5. The molecule has 1 aromatic carbocycles. The molecule has 2 N–H and O–H groups in total. The Morgan fingerprint density at radius 1 is 1.04 bits per heavy atom. The molecule has 4 rings (SSSR count). The highest BCUT2D eigenvalue weighted by molar-refractivity contribution is 6.04. The van der Waals surface area contributed by atoms with Crippen LogP contribution in [0.25, 0.3) is 11.4 Å². The van der Waals surface area contributed by atoms with E-state index < -0.39 is 0 Å². The fourth-order valence-corrected chi connectivity index (χ4v) is 3.16. The summed E-state index contributed by atoms with van der Waals surface area (Å²) in [5, 5.41) is 6.63. The van der Waals surface area contributed by atoms with Crippen molar-refractivity contribution in [3.63, 3.8) is 0 Å². The fourth-order valence-electron chi connectivity index (χ4n) is 3.16. The summed E-state index contributed by atoms with van der Waals surface area (Å²) in [5.41, 5.74) is 4.58. The third kappa shape index (κ3) is 3.02. The minimum absolute atomic E-state index is 0.601. The lowest BCUT2D eigenvalue weighted by Crippen LogP contribution is -2.24. The summed E-state index contributed by atoms with van der Waals surface area (Å²) in [4.78, 5) is 14.1. The van der Waals surface area contributed by atoms with Gasteiger partial charge in [0.15, 0.2) is 5.82 Å². The van der Waals surface area contributed by atoms with Crippen molar-refractivity contribution in [3.8, 4) is 11.4 Å². The first-order valence-electron chi connectivity index (χ1n) is 8.48. The lowest BCUT2D eigenvalue weighted by Gasteiger charge is -2.21. The molecular weight excluding hydrogens is 298 g/mol. The molecule has 5 heteroatoms. The molecule has 0 radical (unpaired) electrons. The summed E-state index contributed by atoms with van der Waals surface area (Å²) < 4.78 is 0. The highest BCUT2D eigenvalue weighted by atomic mass is 15.1. The highest BCUT2D eigenvalue weighted by Crippen LogP contribution is 2.28. The Morgan fingerprint density at radius 2 is 1.88 bits per heavy atom. The average molecular weight is 319 g/mol. The number of aryl methyl sites for hydroxylation is 1. The molecule has 122 valence electrons. The van der Waals surface area contributed by atoms with Gasteiger partial charge in [-0.05, 0) is 38.7 Å². The molecule has 2 aromatic rings. The maximum absolute atomic E-state index is 4.83. The van der Waals surface area contributed by atoms with Crippen LogP contribution in [0.1, 0.15) is 31.0 Å². The quantitative estimate of drug-likeness (QED) is 0.891. The minimum atomic E-state index is 0.601. The van der Waals surface area contributed by atoms with E-state index in [-0.39, 0.29) is 0 Å². The number of fused-ring (bicyclic) bond motifs is 1. The summed E-state index contributed by atoms with van der Waals surface area (Å²) in [6.07, 6.45) is 6.46. The van der Waals surface area contributed by atoms with Crippen LogP contribution in [0.15, 0.2) is 47.1 Å². The van der Waals surface area contributed by atoms with Gasteiger partial charge in [-0.25, -0.2) is 15.0 Å². The van der Waals surface area contributed by atoms with Crippen molar-refractivity contribution in [1.29, 1.82) is 0 Å². The summed E-state index contributed by atoms with van der Waals surface area (Å²) in [6.45, 7) is 2.64. The molecule has 0 bridgehead atoms. The van der Waals surface area contributed by atoms with Gasteiger partial charge in [-0.2, -0.15) is 0 Å². The van der Waals surface area contributed by atoms with Crippen LogP contribution in [0.3, 0.4) is 0 Å². The first kappa shape index (κ1) is 14.9. The van der Waals surface area contributed by atoms with E-state index in [2.05, 4.69) is 27.8 Å². The lowest BCUT2D eigenvalue weighted by atomic mass is 9.96. The number of hydrogen-bond acceptors (Lipinski definition) is 5. The molecule has 1 aliphatic heterocycles. The molecule has 5 nitrogen and oxygen atoms in total. The second-order valence-corrected chi connectivity index (χ2v) is 6.22. The molecule has 0 amide bonds. The Kier molecular flexibility index (Phi) is 3.99. The maximum atomic E-state index is 4.83. The number of rotatable bonds is 2. The maximum Gasteiger partial charge on any atom is 0.161 e. The fraction of sp³-hybridized carbons (Fsp3) is 0.316. The van der Waals surface area contributed by atoms with Crippen LogP contribution in [0, 0.1) is 0 Å². The molecule has 1 aromatic heterocycles. The number of aromatic nitrogens is 2. The number of nitrogens with zero attached hydrogens (tertiary/aromatic N) is 3. The van der Waals surface area contributed by atoms with E-state index in [1.165, 1.54) is 24.1 Å². The van der Waals surface area contributed by atoms with Gasteiger partial charge in [-0.1, -0.05) is 30.3 Å². The number of nitrogens with one attached hydrogen (secondary N) is 2. The summed E-state index contributed by atoms with van der Waals surface area (Å²) >= 11 is 0. The van der Waals surface area contributed by atoms with E-state index in [1.807, 2.05) is 31.2 Å². The van der Waals surface area contributed by atoms with Crippen LogP contribution in [0.2, 0.25) is 0 Å². The molecule has 0 spiro atoms. The molecule has 0 saturated carbocycles. The van der Waals surface area contributed by atoms with Crippen LogP contribution in [-0.2, 0) is 12.8 Å². The van der Waals surface area contributed by atoms with E-state index in [0.717, 1.165) is 41.6 Å². The van der Waals surface area contributed by atoms with Crippen molar-refractivity contribution in [2.24, 2.45) is 4.99 Å². The molecule has 0 fully saturated rings. The van der Waals surface area contributed by atoms with Crippen LogP contribution in [0.5, 0.6) is 0 Å². The minimum Gasteiger partial charge on any atom is -0.370 e. The van der Waals surface area contributed by atoms with Crippen molar-refractivity contribution < 1.29 is 0 Å². The molecule has 1 aliphatic carbocycles. The first-order chi connectivity index (χ1) is 11.8. The van der Waals surface area contributed by atoms with Crippen LogP contribution in [-0.4, -0.2) is 22.5 Å². The zero-order chi connectivity index (χ0) is 16.4. The van der Waals surface area contributed by atoms with Gasteiger partial charge in [-0.15, -0.1) is 0 Å². The number of benzene rings is 1. The molecule has 0 atom stereocenters. The highest BCUT2D eigenvalue weighted by Gasteiger charge is 2.19. The molecule has 0 saturated heterocycles. The van der Waals surface area contributed by atoms with Gasteiger partial charge in [0.1, 0.15) is 18.3 Å². The Hall–Kier alpha value is -2.69. The van der Waals surface area contributed by atoms with E-state index in [9.17, 15) is 0 Å². The predicted molar refractivity (Wildman–Crippen MR) is 96.9 cm³/mol. The van der Waals surface area contributed by atoms with Gasteiger partial charge in [0, 0.05) is 22.5 Å². The number of allylic oxidation sites excluding steroid dienone is 1. The SMILES string of the molecule is CC1=CC(Nc2nc(-c3ccccc3)nc3c2CCCC3)=NCN1. The second kappa shape index (κ2) is 6.43. The Morgan fingerprint density at radius 3 is 2.71 bits per heavy atom. The van der Waals surface area contributed by atoms with Crippen molar-refractivity contribution in [3.05, 3.63) is 53.4 Å². The van der Waals surface area contributed by atoms with E-state index >= 15 is 0 Å². The van der Waals surface area contributed by atoms with Gasteiger partial charge in [-0.3, -0.25) is 0 Å². The van der Waals surface area contributed by atoms with Crippen molar-refractivity contribution >= 4 is 11.7 Å². The molecule has 2 heterocycles. The largest absolute Gasteiger partial charge is 0.370 e. The van der Waals surface area contributed by atoms with Gasteiger partial charge in [0.05, 0.1) is 0 Å². The van der Waals surface area contributed by atoms with E-state index in [0.29, 0.717) is 6.67 Å². The van der Waals surface area contributed by atoms with Gasteiger partial charge < -0.3 is 10.6 Å². The van der Waals surface area contributed by atoms with Crippen molar-refractivity contribution in [2.75, 3.05) is 12.0 Å². The van der Waals surface area contributed by atoms with Crippen molar-refractivity contribution in [1.82, 2.24) is 15.3 Å². The van der Waals surface area contributed by atoms with Crippen LogP contribution < -0.4 is 10.6 Å². The smallest absolute Gasteiger partial charge is 0.161 e. The van der Waals surface area contributed by atoms with Crippen LogP contribution in [0.4, 0.5) is 5.82 Å². The predicted octanol–water partition coefficient (Wildman–Crippen LogP) is 3.30. The summed E-state index contributed by atoms with van der Waals surface area (Å²) in [6, 6.07) is 10.2. The first-order valence-corrected chi connectivity index (χ1v) is 8.48. The molecule has 0 unspecified atom stereocenters. The van der Waals surface area contributed by atoms with Crippen molar-refractivity contribution in [2.45, 2.75) is 32.6 Å². The third-order valence-corrected chi connectivity index (χ3v) is 4.42. The monoisotopic (exact) mass is 319 g/mol. The molecular formula is C19H21N5. The summed E-state index contributed by atoms with van der Waals surface area (Å²) in [7, 11) is 0. The average Bonchev–Trinajstić information content (AvgIpc) is 2.62. The molecule has 2 aliphatic rings. The molecule has 24 heavy (non-hydrogen) atoms. The Bertz CT molecular complexity index is 808. The zero-order valence-corrected chi connectivity index (χ0v) is 13.8. The topological polar surface area (TPSA) is 62.2 Å². The second-order valence-electron chi connectivity index (χ2n) is 6.22.